The molecule has 0 aliphatic heterocycles. The van der Waals surface area contributed by atoms with Crippen LogP contribution in [0.5, 0.6) is 0 Å². The van der Waals surface area contributed by atoms with Crippen molar-refractivity contribution in [3.05, 3.63) is 36.0 Å². The van der Waals surface area contributed by atoms with Crippen molar-refractivity contribution in [3.63, 3.8) is 0 Å². The van der Waals surface area contributed by atoms with Gasteiger partial charge in [0.15, 0.2) is 0 Å². The van der Waals surface area contributed by atoms with Gasteiger partial charge in [-0.2, -0.15) is 11.8 Å². The molecule has 3 amide bonds. The molecule has 196 valence electrons. The van der Waals surface area contributed by atoms with E-state index in [0.29, 0.717) is 5.75 Å². The summed E-state index contributed by atoms with van der Waals surface area (Å²) in [6.07, 6.45) is 3.31. The highest BCUT2D eigenvalue weighted by atomic mass is 32.2. The number of carboxylic acids is 2. The third-order valence-corrected chi connectivity index (χ3v) is 6.08. The molecule has 2 aromatic rings. The molecule has 0 saturated carbocycles. The maximum atomic E-state index is 12.8. The van der Waals surface area contributed by atoms with Gasteiger partial charge >= 0.3 is 11.9 Å². The molecule has 8 N–H and O–H groups in total. The van der Waals surface area contributed by atoms with E-state index in [0.717, 1.165) is 16.5 Å². The van der Waals surface area contributed by atoms with Gasteiger partial charge in [0.1, 0.15) is 18.1 Å². The Hall–Kier alpha value is -3.58. The van der Waals surface area contributed by atoms with Crippen LogP contribution in [0.2, 0.25) is 0 Å². The molecule has 0 fully saturated rings. The average Bonchev–Trinajstić information content (AvgIpc) is 3.23. The molecule has 2 rings (SSSR count). The number of carbonyl (C=O) groups is 5. The Kier molecular flexibility index (Phi) is 10.7. The predicted octanol–water partition coefficient (Wildman–Crippen LogP) is -0.176. The second-order valence-corrected chi connectivity index (χ2v) is 9.23. The van der Waals surface area contributed by atoms with E-state index < -0.39 is 60.2 Å². The summed E-state index contributed by atoms with van der Waals surface area (Å²) in [5.74, 6) is -4.43. The molecule has 0 aliphatic carbocycles. The van der Waals surface area contributed by atoms with Crippen molar-refractivity contribution in [2.45, 2.75) is 50.4 Å². The number of rotatable bonds is 14. The van der Waals surface area contributed by atoms with Gasteiger partial charge in [-0.3, -0.25) is 19.2 Å². The fraction of sp³-hybridized carbons (Fsp3) is 0.435. The van der Waals surface area contributed by atoms with Crippen molar-refractivity contribution in [2.24, 2.45) is 5.73 Å². The SMILES string of the molecule is CSCCC(NC(=O)C(N)Cc1c[nH]c2ccccc12)C(=O)NC(C)C(=O)NC(CC(=O)O)C(=O)O. The van der Waals surface area contributed by atoms with E-state index in [-0.39, 0.29) is 12.8 Å². The number of thioether (sulfide) groups is 1. The Morgan fingerprint density at radius 2 is 1.67 bits per heavy atom. The zero-order valence-electron chi connectivity index (χ0n) is 19.9. The van der Waals surface area contributed by atoms with Crippen molar-refractivity contribution in [1.29, 1.82) is 0 Å². The van der Waals surface area contributed by atoms with Crippen molar-refractivity contribution >= 4 is 52.3 Å². The fourth-order valence-electron chi connectivity index (χ4n) is 3.46. The number of H-pyrrole nitrogens is 1. The number of aromatic nitrogens is 1. The largest absolute Gasteiger partial charge is 0.481 e. The van der Waals surface area contributed by atoms with Gasteiger partial charge in [0.25, 0.3) is 0 Å². The van der Waals surface area contributed by atoms with Crippen LogP contribution in [0.15, 0.2) is 30.5 Å². The molecule has 0 radical (unpaired) electrons. The van der Waals surface area contributed by atoms with Crippen molar-refractivity contribution < 1.29 is 34.2 Å². The second kappa shape index (κ2) is 13.5. The summed E-state index contributed by atoms with van der Waals surface area (Å²) >= 11 is 1.46. The molecule has 1 aromatic carbocycles. The van der Waals surface area contributed by atoms with Crippen LogP contribution >= 0.6 is 11.8 Å². The second-order valence-electron chi connectivity index (χ2n) is 8.24. The Morgan fingerprint density at radius 3 is 2.31 bits per heavy atom. The zero-order chi connectivity index (χ0) is 26.8. The van der Waals surface area contributed by atoms with E-state index in [1.165, 1.54) is 18.7 Å². The smallest absolute Gasteiger partial charge is 0.326 e. The maximum Gasteiger partial charge on any atom is 0.326 e. The van der Waals surface area contributed by atoms with E-state index in [9.17, 15) is 24.0 Å². The molecule has 0 aliphatic rings. The van der Waals surface area contributed by atoms with Crippen LogP contribution in [0.3, 0.4) is 0 Å². The van der Waals surface area contributed by atoms with Crippen LogP contribution in [0.4, 0.5) is 0 Å². The van der Waals surface area contributed by atoms with Crippen LogP contribution in [-0.4, -0.2) is 81.0 Å². The predicted molar refractivity (Wildman–Crippen MR) is 134 cm³/mol. The number of nitrogens with one attached hydrogen (secondary N) is 4. The summed E-state index contributed by atoms with van der Waals surface area (Å²) < 4.78 is 0. The van der Waals surface area contributed by atoms with Crippen LogP contribution < -0.4 is 21.7 Å². The summed E-state index contributed by atoms with van der Waals surface area (Å²) in [6, 6.07) is 2.85. The molecule has 0 spiro atoms. The van der Waals surface area contributed by atoms with Crippen LogP contribution in [0, 0.1) is 0 Å². The molecule has 4 unspecified atom stereocenters. The fourth-order valence-corrected chi connectivity index (χ4v) is 3.94. The summed E-state index contributed by atoms with van der Waals surface area (Å²) in [6.45, 7) is 1.32. The van der Waals surface area contributed by atoms with E-state index in [1.54, 1.807) is 6.20 Å². The molecular formula is C23H31N5O7S. The first-order chi connectivity index (χ1) is 17.0. The lowest BCUT2D eigenvalue weighted by atomic mass is 10.0. The summed E-state index contributed by atoms with van der Waals surface area (Å²) in [4.78, 5) is 63.1. The summed E-state index contributed by atoms with van der Waals surface area (Å²) in [7, 11) is 0. The Labute approximate surface area is 211 Å². The number of hydrogen-bond acceptors (Lipinski definition) is 7. The monoisotopic (exact) mass is 521 g/mol. The molecule has 0 saturated heterocycles. The van der Waals surface area contributed by atoms with Gasteiger partial charge in [0.05, 0.1) is 12.5 Å². The molecule has 13 heteroatoms. The minimum absolute atomic E-state index is 0.242. The first-order valence-corrected chi connectivity index (χ1v) is 12.6. The van der Waals surface area contributed by atoms with Gasteiger partial charge in [0.2, 0.25) is 17.7 Å². The quantitative estimate of drug-likeness (QED) is 0.176. The van der Waals surface area contributed by atoms with E-state index in [4.69, 9.17) is 15.9 Å². The molecule has 12 nitrogen and oxygen atoms in total. The lowest BCUT2D eigenvalue weighted by Gasteiger charge is -2.23. The maximum absolute atomic E-state index is 12.8. The zero-order valence-corrected chi connectivity index (χ0v) is 20.8. The number of amides is 3. The highest BCUT2D eigenvalue weighted by molar-refractivity contribution is 7.98. The van der Waals surface area contributed by atoms with Crippen LogP contribution in [0.1, 0.15) is 25.3 Å². The minimum atomic E-state index is -1.65. The normalized spacial score (nSPS) is 14.3. The first kappa shape index (κ1) is 28.7. The van der Waals surface area contributed by atoms with Gasteiger partial charge in [-0.1, -0.05) is 18.2 Å². The lowest BCUT2D eigenvalue weighted by Crippen LogP contribution is -2.56. The first-order valence-electron chi connectivity index (χ1n) is 11.2. The van der Waals surface area contributed by atoms with Gasteiger partial charge in [-0.15, -0.1) is 0 Å². The Morgan fingerprint density at radius 1 is 1.00 bits per heavy atom. The number of aromatic amines is 1. The number of para-hydroxylation sites is 1. The number of fused-ring (bicyclic) bond motifs is 1. The van der Waals surface area contributed by atoms with Gasteiger partial charge in [0, 0.05) is 17.1 Å². The van der Waals surface area contributed by atoms with Gasteiger partial charge in [-0.25, -0.2) is 4.79 Å². The number of nitrogens with two attached hydrogens (primary N) is 1. The number of carboxylic acid groups (broad SMARTS) is 2. The van der Waals surface area contributed by atoms with E-state index in [1.807, 2.05) is 30.5 Å². The highest BCUT2D eigenvalue weighted by Gasteiger charge is 2.29. The van der Waals surface area contributed by atoms with Gasteiger partial charge < -0.3 is 36.9 Å². The summed E-state index contributed by atoms with van der Waals surface area (Å²) in [5, 5.41) is 26.0. The Bertz CT molecular complexity index is 1110. The van der Waals surface area contributed by atoms with Crippen molar-refractivity contribution in [1.82, 2.24) is 20.9 Å². The van der Waals surface area contributed by atoms with E-state index in [2.05, 4.69) is 20.9 Å². The summed E-state index contributed by atoms with van der Waals surface area (Å²) in [5.41, 5.74) is 7.89. The highest BCUT2D eigenvalue weighted by Crippen LogP contribution is 2.18. The van der Waals surface area contributed by atoms with Gasteiger partial charge in [-0.05, 0) is 43.4 Å². The van der Waals surface area contributed by atoms with Crippen LogP contribution in [-0.2, 0) is 30.4 Å². The van der Waals surface area contributed by atoms with Crippen LogP contribution in [0.25, 0.3) is 10.9 Å². The topological polar surface area (TPSA) is 204 Å². The average molecular weight is 522 g/mol. The molecule has 4 atom stereocenters. The minimum Gasteiger partial charge on any atom is -0.481 e. The van der Waals surface area contributed by atoms with Crippen molar-refractivity contribution in [3.8, 4) is 0 Å². The third kappa shape index (κ3) is 8.27. The molecule has 1 aromatic heterocycles. The van der Waals surface area contributed by atoms with Crippen molar-refractivity contribution in [2.75, 3.05) is 12.0 Å². The number of benzene rings is 1. The van der Waals surface area contributed by atoms with E-state index >= 15 is 0 Å². The standard InChI is InChI=1S/C23H31N5O7S/c1-12(20(31)28-18(23(34)35)10-19(29)30)26-22(33)17(7-8-36-2)27-21(32)15(24)9-13-11-25-16-6-4-3-5-14(13)16/h3-6,11-12,15,17-18,25H,7-10,24H2,1-2H3,(H,26,33)(H,27,32)(H,28,31)(H,29,30)(H,34,35). The molecular weight excluding hydrogens is 490 g/mol. The molecule has 0 bridgehead atoms. The molecule has 36 heavy (non-hydrogen) atoms. The number of hydrogen-bond donors (Lipinski definition) is 7. The molecule has 1 heterocycles. The third-order valence-electron chi connectivity index (χ3n) is 5.44. The number of aliphatic carboxylic acids is 2. The Balaban J connectivity index is 2.00. The number of carbonyl (C=O) groups excluding carboxylic acids is 3. The lowest BCUT2D eigenvalue weighted by molar-refractivity contribution is -0.147.